The second-order valence-corrected chi connectivity index (χ2v) is 4.90. The van der Waals surface area contributed by atoms with Crippen LogP contribution in [0.25, 0.3) is 10.8 Å². The van der Waals surface area contributed by atoms with E-state index >= 15 is 0 Å². The molecule has 2 amide bonds. The molecule has 3 rings (SSSR count). The summed E-state index contributed by atoms with van der Waals surface area (Å²) in [5.74, 6) is -0.646. The van der Waals surface area contributed by atoms with E-state index in [4.69, 9.17) is 0 Å². The fraction of sp³-hybridized carbons (Fsp3) is 0.0588. The van der Waals surface area contributed by atoms with Crippen molar-refractivity contribution in [2.75, 3.05) is 0 Å². The van der Waals surface area contributed by atoms with E-state index in [9.17, 15) is 9.59 Å². The largest absolute Gasteiger partial charge is 0.357 e. The topological polar surface area (TPSA) is 74.0 Å². The standard InChI is InChI=1S/C17H15N3O2/c21-16(19-20-17(22)15-9-4-10-18-15)11-13-7-3-6-12-5-1-2-8-14(12)13/h1-10,18H,11H2,(H,19,21)(H,20,22). The first-order valence-electron chi connectivity index (χ1n) is 6.93. The van der Waals surface area contributed by atoms with Gasteiger partial charge in [0.2, 0.25) is 5.91 Å². The number of carbonyl (C=O) groups excluding carboxylic acids is 2. The lowest BCUT2D eigenvalue weighted by atomic mass is 10.0. The highest BCUT2D eigenvalue weighted by molar-refractivity contribution is 5.95. The Kier molecular flexibility index (Phi) is 3.87. The maximum atomic E-state index is 12.0. The van der Waals surface area contributed by atoms with Gasteiger partial charge in [-0.3, -0.25) is 20.4 Å². The van der Waals surface area contributed by atoms with Crippen molar-refractivity contribution in [2.45, 2.75) is 6.42 Å². The SMILES string of the molecule is O=C(Cc1cccc2ccccc12)NNC(=O)c1ccc[nH]1. The minimum Gasteiger partial charge on any atom is -0.357 e. The highest BCUT2D eigenvalue weighted by atomic mass is 16.2. The zero-order valence-corrected chi connectivity index (χ0v) is 11.8. The summed E-state index contributed by atoms with van der Waals surface area (Å²) in [6.45, 7) is 0. The quantitative estimate of drug-likeness (QED) is 0.647. The summed E-state index contributed by atoms with van der Waals surface area (Å²) in [5, 5.41) is 2.12. The zero-order valence-electron chi connectivity index (χ0n) is 11.8. The average Bonchev–Trinajstić information content (AvgIpc) is 3.07. The molecule has 5 nitrogen and oxygen atoms in total. The van der Waals surface area contributed by atoms with Gasteiger partial charge < -0.3 is 4.98 Å². The van der Waals surface area contributed by atoms with Crippen LogP contribution in [0.1, 0.15) is 16.1 Å². The molecule has 0 atom stereocenters. The Hall–Kier alpha value is -3.08. The Labute approximate surface area is 127 Å². The molecule has 0 aliphatic rings. The second kappa shape index (κ2) is 6.13. The lowest BCUT2D eigenvalue weighted by molar-refractivity contribution is -0.121. The van der Waals surface area contributed by atoms with Crippen molar-refractivity contribution in [1.82, 2.24) is 15.8 Å². The molecule has 0 aliphatic heterocycles. The number of aromatic nitrogens is 1. The van der Waals surface area contributed by atoms with E-state index in [1.165, 1.54) is 0 Å². The molecule has 0 radical (unpaired) electrons. The van der Waals surface area contributed by atoms with Gasteiger partial charge in [-0.25, -0.2) is 0 Å². The first kappa shape index (κ1) is 13.9. The Morgan fingerprint density at radius 2 is 1.73 bits per heavy atom. The Morgan fingerprint density at radius 3 is 2.55 bits per heavy atom. The Bertz CT molecular complexity index is 804. The summed E-state index contributed by atoms with van der Waals surface area (Å²) < 4.78 is 0. The summed E-state index contributed by atoms with van der Waals surface area (Å²) in [6.07, 6.45) is 1.85. The van der Waals surface area contributed by atoms with Crippen molar-refractivity contribution < 1.29 is 9.59 Å². The van der Waals surface area contributed by atoms with Gasteiger partial charge in [-0.05, 0) is 28.5 Å². The maximum absolute atomic E-state index is 12.0. The van der Waals surface area contributed by atoms with Gasteiger partial charge in [-0.2, -0.15) is 0 Å². The van der Waals surface area contributed by atoms with Crippen molar-refractivity contribution in [1.29, 1.82) is 0 Å². The van der Waals surface area contributed by atoms with E-state index in [2.05, 4.69) is 15.8 Å². The van der Waals surface area contributed by atoms with E-state index in [1.54, 1.807) is 18.3 Å². The fourth-order valence-electron chi connectivity index (χ4n) is 2.33. The van der Waals surface area contributed by atoms with E-state index in [-0.39, 0.29) is 18.2 Å². The number of aromatic amines is 1. The van der Waals surface area contributed by atoms with Crippen molar-refractivity contribution in [3.63, 3.8) is 0 Å². The molecule has 0 aliphatic carbocycles. The number of hydrazine groups is 1. The minimum atomic E-state index is -0.378. The number of hydrogen-bond acceptors (Lipinski definition) is 2. The third kappa shape index (κ3) is 2.98. The van der Waals surface area contributed by atoms with Crippen molar-refractivity contribution in [2.24, 2.45) is 0 Å². The van der Waals surface area contributed by atoms with Crippen molar-refractivity contribution >= 4 is 22.6 Å². The molecule has 0 spiro atoms. The van der Waals surface area contributed by atoms with Crippen LogP contribution in [0, 0.1) is 0 Å². The summed E-state index contributed by atoms with van der Waals surface area (Å²) in [5.41, 5.74) is 6.12. The van der Waals surface area contributed by atoms with Crippen LogP contribution < -0.4 is 10.9 Å². The van der Waals surface area contributed by atoms with Crippen LogP contribution in [0.5, 0.6) is 0 Å². The predicted octanol–water partition coefficient (Wildman–Crippen LogP) is 2.17. The first-order valence-corrected chi connectivity index (χ1v) is 6.93. The number of rotatable bonds is 3. The molecule has 0 saturated carbocycles. The van der Waals surface area contributed by atoms with Crippen molar-refractivity contribution in [3.05, 3.63) is 72.1 Å². The Morgan fingerprint density at radius 1 is 0.909 bits per heavy atom. The normalized spacial score (nSPS) is 10.4. The van der Waals surface area contributed by atoms with Crippen LogP contribution in [0.3, 0.4) is 0 Å². The van der Waals surface area contributed by atoms with Gasteiger partial charge in [0.25, 0.3) is 5.91 Å². The molecule has 1 heterocycles. The molecular formula is C17H15N3O2. The predicted molar refractivity (Wildman–Crippen MR) is 84.1 cm³/mol. The summed E-state index contributed by atoms with van der Waals surface area (Å²) >= 11 is 0. The summed E-state index contributed by atoms with van der Waals surface area (Å²) in [6, 6.07) is 17.1. The Balaban J connectivity index is 1.65. The fourth-order valence-corrected chi connectivity index (χ4v) is 2.33. The molecule has 5 heteroatoms. The number of amides is 2. The highest BCUT2D eigenvalue weighted by Crippen LogP contribution is 2.18. The molecule has 0 unspecified atom stereocenters. The highest BCUT2D eigenvalue weighted by Gasteiger charge is 2.09. The molecule has 1 aromatic heterocycles. The smallest absolute Gasteiger partial charge is 0.286 e. The number of nitrogens with one attached hydrogen (secondary N) is 3. The number of benzene rings is 2. The average molecular weight is 293 g/mol. The zero-order chi connectivity index (χ0) is 15.4. The van der Waals surface area contributed by atoms with Crippen LogP contribution in [0.4, 0.5) is 0 Å². The van der Waals surface area contributed by atoms with Crippen LogP contribution in [0.2, 0.25) is 0 Å². The van der Waals surface area contributed by atoms with Gasteiger partial charge in [-0.15, -0.1) is 0 Å². The number of hydrogen-bond donors (Lipinski definition) is 3. The van der Waals surface area contributed by atoms with E-state index in [0.29, 0.717) is 5.69 Å². The molecule has 0 bridgehead atoms. The lowest BCUT2D eigenvalue weighted by Crippen LogP contribution is -2.42. The summed E-state index contributed by atoms with van der Waals surface area (Å²) in [7, 11) is 0. The molecular weight excluding hydrogens is 278 g/mol. The molecule has 3 aromatic rings. The number of H-pyrrole nitrogens is 1. The molecule has 0 saturated heterocycles. The third-order valence-electron chi connectivity index (χ3n) is 3.39. The molecule has 110 valence electrons. The monoisotopic (exact) mass is 293 g/mol. The van der Waals surface area contributed by atoms with Gasteiger partial charge in [0.1, 0.15) is 5.69 Å². The van der Waals surface area contributed by atoms with Crippen LogP contribution in [-0.2, 0) is 11.2 Å². The summed E-state index contributed by atoms with van der Waals surface area (Å²) in [4.78, 5) is 26.5. The second-order valence-electron chi connectivity index (χ2n) is 4.90. The molecule has 2 aromatic carbocycles. The van der Waals surface area contributed by atoms with E-state index < -0.39 is 0 Å². The van der Waals surface area contributed by atoms with Crippen LogP contribution >= 0.6 is 0 Å². The van der Waals surface area contributed by atoms with Gasteiger partial charge in [0.05, 0.1) is 6.42 Å². The first-order chi connectivity index (χ1) is 10.7. The van der Waals surface area contributed by atoms with E-state index in [1.807, 2.05) is 42.5 Å². The molecule has 22 heavy (non-hydrogen) atoms. The van der Waals surface area contributed by atoms with Crippen LogP contribution in [0.15, 0.2) is 60.8 Å². The molecule has 3 N–H and O–H groups in total. The van der Waals surface area contributed by atoms with E-state index in [0.717, 1.165) is 16.3 Å². The van der Waals surface area contributed by atoms with Crippen molar-refractivity contribution in [3.8, 4) is 0 Å². The van der Waals surface area contributed by atoms with Gasteiger partial charge in [0.15, 0.2) is 0 Å². The molecule has 0 fully saturated rings. The van der Waals surface area contributed by atoms with Gasteiger partial charge in [-0.1, -0.05) is 42.5 Å². The lowest BCUT2D eigenvalue weighted by Gasteiger charge is -2.08. The van der Waals surface area contributed by atoms with Gasteiger partial charge in [0, 0.05) is 6.20 Å². The van der Waals surface area contributed by atoms with Crippen LogP contribution in [-0.4, -0.2) is 16.8 Å². The number of carbonyl (C=O) groups is 2. The maximum Gasteiger partial charge on any atom is 0.286 e. The minimum absolute atomic E-state index is 0.201. The van der Waals surface area contributed by atoms with Gasteiger partial charge >= 0.3 is 0 Å². The third-order valence-corrected chi connectivity index (χ3v) is 3.39. The number of fused-ring (bicyclic) bond motifs is 1.